The highest BCUT2D eigenvalue weighted by atomic mass is 14.1. The minimum absolute atomic E-state index is 1.03. The fraction of sp³-hybridized carbons (Fsp3) is 1.00. The predicted molar refractivity (Wildman–Crippen MR) is 168 cm³/mol. The van der Waals surface area contributed by atoms with Crippen LogP contribution in [0.4, 0.5) is 0 Å². The molecule has 0 saturated carbocycles. The second-order valence-corrected chi connectivity index (χ2v) is 12.4. The second-order valence-electron chi connectivity index (χ2n) is 12.4. The van der Waals surface area contributed by atoms with Gasteiger partial charge in [0.15, 0.2) is 0 Å². The molecule has 0 aliphatic rings. The molecule has 1 unspecified atom stereocenters. The summed E-state index contributed by atoms with van der Waals surface area (Å²) in [6.45, 7) is 7.01. The van der Waals surface area contributed by atoms with Crippen molar-refractivity contribution in [2.75, 3.05) is 0 Å². The van der Waals surface area contributed by atoms with Crippen molar-refractivity contribution in [3.8, 4) is 0 Å². The van der Waals surface area contributed by atoms with Crippen LogP contribution in [0.2, 0.25) is 0 Å². The highest BCUT2D eigenvalue weighted by Gasteiger charge is 2.07. The average molecular weight is 507 g/mol. The molecule has 0 aliphatic heterocycles. The lowest BCUT2D eigenvalue weighted by atomic mass is 9.90. The van der Waals surface area contributed by atoms with Crippen LogP contribution in [-0.4, -0.2) is 0 Å². The van der Waals surface area contributed by atoms with Gasteiger partial charge in [0, 0.05) is 0 Å². The lowest BCUT2D eigenvalue weighted by molar-refractivity contribution is 0.377. The molecule has 0 N–H and O–H groups in total. The van der Waals surface area contributed by atoms with Crippen LogP contribution in [0.15, 0.2) is 0 Å². The van der Waals surface area contributed by atoms with Crippen LogP contribution in [0.5, 0.6) is 0 Å². The Hall–Kier alpha value is 0. The van der Waals surface area contributed by atoms with Crippen LogP contribution in [0.3, 0.4) is 0 Å². The Morgan fingerprint density at radius 3 is 0.667 bits per heavy atom. The van der Waals surface area contributed by atoms with Crippen LogP contribution in [-0.2, 0) is 0 Å². The molecule has 0 heteroatoms. The van der Waals surface area contributed by atoms with E-state index in [1.54, 1.807) is 0 Å². The first-order valence-corrected chi connectivity index (χ1v) is 17.8. The van der Waals surface area contributed by atoms with Crippen LogP contribution in [0.1, 0.15) is 226 Å². The van der Waals surface area contributed by atoms with Crippen LogP contribution in [0.25, 0.3) is 0 Å². The quantitative estimate of drug-likeness (QED) is 0.0795. The molecule has 36 heavy (non-hydrogen) atoms. The van der Waals surface area contributed by atoms with Gasteiger partial charge in [-0.2, -0.15) is 0 Å². The van der Waals surface area contributed by atoms with Gasteiger partial charge in [-0.1, -0.05) is 226 Å². The van der Waals surface area contributed by atoms with Crippen LogP contribution < -0.4 is 0 Å². The summed E-state index contributed by atoms with van der Waals surface area (Å²) in [6, 6.07) is 0. The first-order chi connectivity index (χ1) is 17.8. The Morgan fingerprint density at radius 1 is 0.222 bits per heavy atom. The predicted octanol–water partition coefficient (Wildman–Crippen LogP) is 14.1. The van der Waals surface area contributed by atoms with Gasteiger partial charge in [0.05, 0.1) is 0 Å². The topological polar surface area (TPSA) is 0 Å². The first kappa shape index (κ1) is 36.0. The van der Waals surface area contributed by atoms with Crippen molar-refractivity contribution in [3.63, 3.8) is 0 Å². The van der Waals surface area contributed by atoms with E-state index in [2.05, 4.69) is 20.8 Å². The molecule has 0 radical (unpaired) electrons. The smallest absolute Gasteiger partial charge is 0.0414 e. The van der Waals surface area contributed by atoms with Crippen molar-refractivity contribution in [2.24, 2.45) is 5.92 Å². The zero-order valence-corrected chi connectivity index (χ0v) is 26.2. The van der Waals surface area contributed by atoms with Crippen molar-refractivity contribution in [1.29, 1.82) is 0 Å². The van der Waals surface area contributed by atoms with Crippen LogP contribution in [0, 0.1) is 5.92 Å². The SMILES string of the molecule is CCCCCCCCCCCCCCCCCCCCCCCCC(CCC)CCCCCCCC. The maximum Gasteiger partial charge on any atom is -0.0414 e. The molecule has 0 rings (SSSR count). The molecule has 0 saturated heterocycles. The van der Waals surface area contributed by atoms with Crippen LogP contribution >= 0.6 is 0 Å². The van der Waals surface area contributed by atoms with Gasteiger partial charge in [0.2, 0.25) is 0 Å². The monoisotopic (exact) mass is 507 g/mol. The minimum Gasteiger partial charge on any atom is -0.0654 e. The van der Waals surface area contributed by atoms with Gasteiger partial charge in [-0.3, -0.25) is 0 Å². The van der Waals surface area contributed by atoms with Gasteiger partial charge < -0.3 is 0 Å². The van der Waals surface area contributed by atoms with Crippen molar-refractivity contribution < 1.29 is 0 Å². The third-order valence-corrected chi connectivity index (χ3v) is 8.63. The molecule has 0 heterocycles. The highest BCUT2D eigenvalue weighted by molar-refractivity contribution is 4.61. The molecule has 0 aromatic heterocycles. The van der Waals surface area contributed by atoms with E-state index in [9.17, 15) is 0 Å². The van der Waals surface area contributed by atoms with E-state index in [4.69, 9.17) is 0 Å². The number of hydrogen-bond acceptors (Lipinski definition) is 0. The van der Waals surface area contributed by atoms with Gasteiger partial charge in [0.1, 0.15) is 0 Å². The Bertz CT molecular complexity index is 359. The van der Waals surface area contributed by atoms with Gasteiger partial charge >= 0.3 is 0 Å². The normalized spacial score (nSPS) is 12.4. The fourth-order valence-corrected chi connectivity index (χ4v) is 6.10. The molecule has 218 valence electrons. The summed E-state index contributed by atoms with van der Waals surface area (Å²) in [5.41, 5.74) is 0. The Labute approximate surface area is 232 Å². The third kappa shape index (κ3) is 30.2. The van der Waals surface area contributed by atoms with E-state index in [0.29, 0.717) is 0 Å². The molecule has 0 nitrogen and oxygen atoms in total. The van der Waals surface area contributed by atoms with E-state index in [-0.39, 0.29) is 0 Å². The van der Waals surface area contributed by atoms with Gasteiger partial charge in [-0.15, -0.1) is 0 Å². The maximum absolute atomic E-state index is 2.38. The summed E-state index contributed by atoms with van der Waals surface area (Å²) < 4.78 is 0. The molecule has 0 fully saturated rings. The summed E-state index contributed by atoms with van der Waals surface area (Å²) >= 11 is 0. The highest BCUT2D eigenvalue weighted by Crippen LogP contribution is 2.23. The van der Waals surface area contributed by atoms with Crippen molar-refractivity contribution in [3.05, 3.63) is 0 Å². The van der Waals surface area contributed by atoms with E-state index in [0.717, 1.165) is 5.92 Å². The van der Waals surface area contributed by atoms with E-state index < -0.39 is 0 Å². The molecule has 0 aromatic carbocycles. The lowest BCUT2D eigenvalue weighted by Gasteiger charge is -2.16. The van der Waals surface area contributed by atoms with Crippen molar-refractivity contribution >= 4 is 0 Å². The molecule has 0 amide bonds. The Balaban J connectivity index is 3.25. The lowest BCUT2D eigenvalue weighted by Crippen LogP contribution is -2.00. The van der Waals surface area contributed by atoms with Gasteiger partial charge in [-0.05, 0) is 5.92 Å². The summed E-state index contributed by atoms with van der Waals surface area (Å²) in [5, 5.41) is 0. The van der Waals surface area contributed by atoms with Gasteiger partial charge in [-0.25, -0.2) is 0 Å². The summed E-state index contributed by atoms with van der Waals surface area (Å²) in [6.07, 6.45) is 47.3. The number of hydrogen-bond donors (Lipinski definition) is 0. The molecule has 1 atom stereocenters. The zero-order chi connectivity index (χ0) is 26.2. The molecular formula is C36H74. The molecule has 0 spiro atoms. The molecule has 0 aromatic rings. The zero-order valence-electron chi connectivity index (χ0n) is 26.2. The van der Waals surface area contributed by atoms with Gasteiger partial charge in [0.25, 0.3) is 0 Å². The summed E-state index contributed by atoms with van der Waals surface area (Å²) in [5.74, 6) is 1.03. The number of unbranched alkanes of at least 4 members (excludes halogenated alkanes) is 26. The Kier molecular flexibility index (Phi) is 33.0. The van der Waals surface area contributed by atoms with Crippen molar-refractivity contribution in [1.82, 2.24) is 0 Å². The third-order valence-electron chi connectivity index (χ3n) is 8.63. The largest absolute Gasteiger partial charge is 0.0654 e. The molecular weight excluding hydrogens is 432 g/mol. The maximum atomic E-state index is 2.38. The van der Waals surface area contributed by atoms with E-state index in [1.165, 1.54) is 205 Å². The second kappa shape index (κ2) is 33.0. The standard InChI is InChI=1S/C36H74/c1-4-7-9-11-13-14-15-16-17-18-19-20-21-22-23-24-25-26-27-28-30-32-35-36(33-6-3)34-31-29-12-10-8-5-2/h36H,4-35H2,1-3H3. The first-order valence-electron chi connectivity index (χ1n) is 17.8. The summed E-state index contributed by atoms with van der Waals surface area (Å²) in [4.78, 5) is 0. The molecule has 0 aliphatic carbocycles. The van der Waals surface area contributed by atoms with E-state index >= 15 is 0 Å². The number of rotatable bonds is 32. The minimum atomic E-state index is 1.03. The Morgan fingerprint density at radius 2 is 0.444 bits per heavy atom. The van der Waals surface area contributed by atoms with E-state index in [1.807, 2.05) is 0 Å². The summed E-state index contributed by atoms with van der Waals surface area (Å²) in [7, 11) is 0. The van der Waals surface area contributed by atoms with Crippen molar-refractivity contribution in [2.45, 2.75) is 226 Å². The average Bonchev–Trinajstić information content (AvgIpc) is 2.89. The molecule has 0 bridgehead atoms. The fourth-order valence-electron chi connectivity index (χ4n) is 6.10.